The Morgan fingerprint density at radius 2 is 1.78 bits per heavy atom. The van der Waals surface area contributed by atoms with Crippen molar-refractivity contribution in [3.8, 4) is 12.3 Å². The van der Waals surface area contributed by atoms with E-state index in [1.165, 1.54) is 0 Å². The van der Waals surface area contributed by atoms with E-state index < -0.39 is 12.1 Å². The van der Waals surface area contributed by atoms with E-state index >= 15 is 0 Å². The smallest absolute Gasteiger partial charge is 0.475 e. The van der Waals surface area contributed by atoms with Crippen LogP contribution in [0.25, 0.3) is 0 Å². The first-order valence-corrected chi connectivity index (χ1v) is 5.32. The number of aliphatic carboxylic acids is 1. The molecule has 18 heavy (non-hydrogen) atoms. The molecule has 0 aromatic heterocycles. The van der Waals surface area contributed by atoms with Gasteiger partial charge in [-0.15, -0.1) is 6.42 Å². The zero-order valence-electron chi connectivity index (χ0n) is 10.3. The molecule has 1 rings (SSSR count). The average Bonchev–Trinajstić information content (AvgIpc) is 2.29. The predicted octanol–water partition coefficient (Wildman–Crippen LogP) is 0.937. The van der Waals surface area contributed by atoms with E-state index in [0.29, 0.717) is 0 Å². The van der Waals surface area contributed by atoms with Gasteiger partial charge in [0.15, 0.2) is 0 Å². The predicted molar refractivity (Wildman–Crippen MR) is 61.0 cm³/mol. The van der Waals surface area contributed by atoms with Crippen LogP contribution in [0.4, 0.5) is 13.2 Å². The molecular weight excluding hydrogens is 249 g/mol. The monoisotopic (exact) mass is 266 g/mol. The van der Waals surface area contributed by atoms with Crippen LogP contribution < -0.4 is 5.32 Å². The number of halogens is 3. The minimum atomic E-state index is -5.08. The molecule has 7 heteroatoms. The fourth-order valence-corrected chi connectivity index (χ4v) is 1.56. The molecule has 1 fully saturated rings. The first-order chi connectivity index (χ1) is 8.15. The van der Waals surface area contributed by atoms with Gasteiger partial charge in [-0.2, -0.15) is 13.2 Å². The molecule has 0 radical (unpaired) electrons. The first-order valence-electron chi connectivity index (χ1n) is 5.32. The average molecular weight is 266 g/mol. The second-order valence-electron chi connectivity index (χ2n) is 4.12. The van der Waals surface area contributed by atoms with Crippen molar-refractivity contribution >= 4 is 5.97 Å². The van der Waals surface area contributed by atoms with Crippen LogP contribution >= 0.6 is 0 Å². The molecule has 2 N–H and O–H groups in total. The minimum Gasteiger partial charge on any atom is -0.475 e. The summed E-state index contributed by atoms with van der Waals surface area (Å²) in [6.45, 7) is 2.09. The highest BCUT2D eigenvalue weighted by Crippen LogP contribution is 2.22. The molecule has 0 atom stereocenters. The number of hydrogen-bond donors (Lipinski definition) is 2. The molecule has 104 valence electrons. The van der Waals surface area contributed by atoms with Crippen LogP contribution in [0.2, 0.25) is 0 Å². The lowest BCUT2D eigenvalue weighted by Crippen LogP contribution is -2.50. The van der Waals surface area contributed by atoms with E-state index in [9.17, 15) is 13.2 Å². The Bertz CT molecular complexity index is 315. The van der Waals surface area contributed by atoms with Crippen LogP contribution in [-0.2, 0) is 4.79 Å². The van der Waals surface area contributed by atoms with Crippen LogP contribution in [0.15, 0.2) is 0 Å². The van der Waals surface area contributed by atoms with E-state index in [-0.39, 0.29) is 5.54 Å². The van der Waals surface area contributed by atoms with Gasteiger partial charge in [-0.3, -0.25) is 4.90 Å². The van der Waals surface area contributed by atoms with E-state index in [1.807, 2.05) is 0 Å². The van der Waals surface area contributed by atoms with Gasteiger partial charge in [0.1, 0.15) is 0 Å². The Morgan fingerprint density at radius 3 is 1.94 bits per heavy atom. The molecule has 1 aliphatic heterocycles. The van der Waals surface area contributed by atoms with Crippen molar-refractivity contribution in [2.75, 3.05) is 27.2 Å². The zero-order chi connectivity index (χ0) is 14.4. The van der Waals surface area contributed by atoms with Gasteiger partial charge in [-0.25, -0.2) is 4.79 Å². The maximum absolute atomic E-state index is 10.6. The van der Waals surface area contributed by atoms with Gasteiger partial charge in [-0.05, 0) is 40.0 Å². The molecule has 0 aromatic rings. The van der Waals surface area contributed by atoms with Gasteiger partial charge in [0.2, 0.25) is 0 Å². The summed E-state index contributed by atoms with van der Waals surface area (Å²) in [7, 11) is 4.12. The van der Waals surface area contributed by atoms with E-state index in [2.05, 4.69) is 30.2 Å². The number of carbonyl (C=O) groups is 1. The van der Waals surface area contributed by atoms with Crippen molar-refractivity contribution in [2.24, 2.45) is 0 Å². The molecule has 1 saturated heterocycles. The third kappa shape index (κ3) is 4.94. The highest BCUT2D eigenvalue weighted by atomic mass is 19.4. The molecule has 1 aliphatic rings. The number of nitrogens with zero attached hydrogens (tertiary/aromatic N) is 1. The number of nitrogens with one attached hydrogen (secondary N) is 1. The summed E-state index contributed by atoms with van der Waals surface area (Å²) < 4.78 is 31.7. The van der Waals surface area contributed by atoms with Crippen molar-refractivity contribution in [3.05, 3.63) is 0 Å². The van der Waals surface area contributed by atoms with Crippen molar-refractivity contribution in [3.63, 3.8) is 0 Å². The Morgan fingerprint density at radius 1 is 1.39 bits per heavy atom. The highest BCUT2D eigenvalue weighted by molar-refractivity contribution is 5.73. The number of terminal acetylenes is 1. The van der Waals surface area contributed by atoms with Gasteiger partial charge in [-0.1, -0.05) is 5.92 Å². The molecule has 0 spiro atoms. The molecular formula is C11H17F3N2O2. The summed E-state index contributed by atoms with van der Waals surface area (Å²) in [5.74, 6) is 0.146. The second-order valence-corrected chi connectivity index (χ2v) is 4.12. The highest BCUT2D eigenvalue weighted by Gasteiger charge is 2.38. The van der Waals surface area contributed by atoms with Gasteiger partial charge < -0.3 is 10.4 Å². The maximum atomic E-state index is 10.6. The topological polar surface area (TPSA) is 52.6 Å². The standard InChI is InChI=1S/C9H16N2.C2HF3O2/c1-4-9(11(2)3)5-7-10-8-6-9;3-2(4,5)1(6)7/h1,10H,5-8H2,2-3H3;(H,6,7). The number of carboxylic acid groups (broad SMARTS) is 1. The zero-order valence-corrected chi connectivity index (χ0v) is 10.3. The molecule has 4 nitrogen and oxygen atoms in total. The molecule has 0 unspecified atom stereocenters. The summed E-state index contributed by atoms with van der Waals surface area (Å²) in [5, 5.41) is 10.4. The second kappa shape index (κ2) is 6.61. The van der Waals surface area contributed by atoms with Crippen molar-refractivity contribution in [1.29, 1.82) is 0 Å². The van der Waals surface area contributed by atoms with Crippen LogP contribution in [-0.4, -0.2) is 54.9 Å². The number of hydrogen-bond acceptors (Lipinski definition) is 3. The van der Waals surface area contributed by atoms with Crippen molar-refractivity contribution in [2.45, 2.75) is 24.6 Å². The summed E-state index contributed by atoms with van der Waals surface area (Å²) in [4.78, 5) is 11.1. The number of piperidine rings is 1. The molecule has 1 heterocycles. The lowest BCUT2D eigenvalue weighted by atomic mass is 9.88. The Kier molecular flexibility index (Phi) is 6.15. The number of carboxylic acids is 1. The van der Waals surface area contributed by atoms with Gasteiger partial charge in [0.25, 0.3) is 0 Å². The lowest BCUT2D eigenvalue weighted by molar-refractivity contribution is -0.192. The van der Waals surface area contributed by atoms with Gasteiger partial charge >= 0.3 is 12.1 Å². The van der Waals surface area contributed by atoms with Crippen molar-refractivity contribution < 1.29 is 23.1 Å². The Labute approximate surface area is 104 Å². The van der Waals surface area contributed by atoms with E-state index in [1.54, 1.807) is 0 Å². The fourth-order valence-electron chi connectivity index (χ4n) is 1.56. The third-order valence-corrected chi connectivity index (χ3v) is 2.80. The third-order valence-electron chi connectivity index (χ3n) is 2.80. The first kappa shape index (κ1) is 16.7. The quantitative estimate of drug-likeness (QED) is 0.693. The van der Waals surface area contributed by atoms with E-state index in [0.717, 1.165) is 25.9 Å². The van der Waals surface area contributed by atoms with Gasteiger partial charge in [0.05, 0.1) is 5.54 Å². The summed E-state index contributed by atoms with van der Waals surface area (Å²) in [6.07, 6.45) is 2.57. The largest absolute Gasteiger partial charge is 0.490 e. The van der Waals surface area contributed by atoms with Crippen LogP contribution in [0.1, 0.15) is 12.8 Å². The van der Waals surface area contributed by atoms with Crippen molar-refractivity contribution in [1.82, 2.24) is 10.2 Å². The molecule has 0 aromatic carbocycles. The van der Waals surface area contributed by atoms with E-state index in [4.69, 9.17) is 16.3 Å². The Balaban J connectivity index is 0.000000360. The van der Waals surface area contributed by atoms with Crippen LogP contribution in [0.5, 0.6) is 0 Å². The molecule has 0 saturated carbocycles. The minimum absolute atomic E-state index is 0.0191. The maximum Gasteiger partial charge on any atom is 0.490 e. The normalized spacial score (nSPS) is 18.5. The Hall–Kier alpha value is -1.26. The summed E-state index contributed by atoms with van der Waals surface area (Å²) >= 11 is 0. The summed E-state index contributed by atoms with van der Waals surface area (Å²) in [5.41, 5.74) is 0.0191. The number of alkyl halides is 3. The van der Waals surface area contributed by atoms with Crippen LogP contribution in [0.3, 0.4) is 0 Å². The number of rotatable bonds is 1. The summed E-state index contributed by atoms with van der Waals surface area (Å²) in [6, 6.07) is 0. The fraction of sp³-hybridized carbons (Fsp3) is 0.727. The van der Waals surface area contributed by atoms with Crippen LogP contribution in [0, 0.1) is 12.3 Å². The molecule has 0 bridgehead atoms. The molecule has 0 aliphatic carbocycles. The van der Waals surface area contributed by atoms with Gasteiger partial charge in [0, 0.05) is 0 Å². The lowest BCUT2D eigenvalue weighted by Gasteiger charge is -2.38. The molecule has 0 amide bonds. The SMILES string of the molecule is C#CC1(N(C)C)CCNCC1.O=C(O)C(F)(F)F.